The molecule has 4 rings (SSSR count). The summed E-state index contributed by atoms with van der Waals surface area (Å²) >= 11 is 0. The van der Waals surface area contributed by atoms with Gasteiger partial charge < -0.3 is 10.1 Å². The number of benzene rings is 3. The number of nitrogens with one attached hydrogen (secondary N) is 1. The zero-order valence-electron chi connectivity index (χ0n) is 18.2. The first kappa shape index (κ1) is 23.1. The van der Waals surface area contributed by atoms with Gasteiger partial charge in [-0.25, -0.2) is 4.90 Å². The van der Waals surface area contributed by atoms with Gasteiger partial charge in [0.2, 0.25) is 0 Å². The lowest BCUT2D eigenvalue weighted by Gasteiger charge is -2.16. The summed E-state index contributed by atoms with van der Waals surface area (Å²) in [7, 11) is 0. The molecule has 3 aromatic rings. The third kappa shape index (κ3) is 4.66. The molecule has 1 heterocycles. The molecule has 1 aliphatic heterocycles. The number of carbonyl (C=O) groups excluding carboxylic acids is 2. The van der Waals surface area contributed by atoms with Crippen molar-refractivity contribution < 1.29 is 27.5 Å². The van der Waals surface area contributed by atoms with Gasteiger partial charge in [0.15, 0.2) is 0 Å². The quantitative estimate of drug-likeness (QED) is 0.441. The van der Waals surface area contributed by atoms with Crippen molar-refractivity contribution in [2.75, 3.05) is 16.8 Å². The van der Waals surface area contributed by atoms with Gasteiger partial charge in [-0.05, 0) is 48.4 Å². The van der Waals surface area contributed by atoms with Crippen molar-refractivity contribution >= 4 is 28.8 Å². The minimum atomic E-state index is -4.53. The summed E-state index contributed by atoms with van der Waals surface area (Å²) in [6, 6.07) is 19.5. The van der Waals surface area contributed by atoms with E-state index in [0.717, 1.165) is 35.6 Å². The molecule has 0 unspecified atom stereocenters. The molecule has 3 aromatic carbocycles. The lowest BCUT2D eigenvalue weighted by molar-refractivity contribution is -0.137. The van der Waals surface area contributed by atoms with Gasteiger partial charge in [0.1, 0.15) is 11.4 Å². The van der Waals surface area contributed by atoms with Crippen molar-refractivity contribution in [2.24, 2.45) is 0 Å². The van der Waals surface area contributed by atoms with Gasteiger partial charge in [-0.15, -0.1) is 0 Å². The Morgan fingerprint density at radius 2 is 1.59 bits per heavy atom. The fourth-order valence-corrected chi connectivity index (χ4v) is 3.58. The van der Waals surface area contributed by atoms with Gasteiger partial charge in [-0.3, -0.25) is 9.59 Å². The van der Waals surface area contributed by atoms with Crippen molar-refractivity contribution in [3.63, 3.8) is 0 Å². The summed E-state index contributed by atoms with van der Waals surface area (Å²) in [4.78, 5) is 27.6. The monoisotopic (exact) mass is 466 g/mol. The summed E-state index contributed by atoms with van der Waals surface area (Å²) in [6.07, 6.45) is -3.70. The van der Waals surface area contributed by atoms with E-state index in [0.29, 0.717) is 23.6 Å². The minimum Gasteiger partial charge on any atom is -0.494 e. The zero-order chi connectivity index (χ0) is 24.3. The van der Waals surface area contributed by atoms with Crippen LogP contribution in [-0.2, 0) is 15.8 Å². The van der Waals surface area contributed by atoms with Crippen LogP contribution in [0.4, 0.5) is 24.5 Å². The second-order valence-electron chi connectivity index (χ2n) is 7.61. The van der Waals surface area contributed by atoms with Crippen LogP contribution in [0.1, 0.15) is 24.5 Å². The van der Waals surface area contributed by atoms with Gasteiger partial charge in [0.25, 0.3) is 11.8 Å². The van der Waals surface area contributed by atoms with E-state index < -0.39 is 23.6 Å². The third-order valence-corrected chi connectivity index (χ3v) is 5.18. The largest absolute Gasteiger partial charge is 0.494 e. The number of ether oxygens (including phenoxy) is 1. The summed E-state index contributed by atoms with van der Waals surface area (Å²) < 4.78 is 44.6. The summed E-state index contributed by atoms with van der Waals surface area (Å²) in [6.45, 7) is 2.51. The Labute approximate surface area is 194 Å². The molecule has 0 saturated heterocycles. The molecule has 0 saturated carbocycles. The van der Waals surface area contributed by atoms with Crippen LogP contribution in [-0.4, -0.2) is 18.4 Å². The molecule has 2 amide bonds. The van der Waals surface area contributed by atoms with Crippen LogP contribution in [0.3, 0.4) is 0 Å². The Morgan fingerprint density at radius 3 is 2.24 bits per heavy atom. The predicted octanol–water partition coefficient (Wildman–Crippen LogP) is 5.89. The second-order valence-corrected chi connectivity index (χ2v) is 7.61. The highest BCUT2D eigenvalue weighted by Gasteiger charge is 2.40. The molecule has 0 aliphatic carbocycles. The van der Waals surface area contributed by atoms with Crippen LogP contribution in [0, 0.1) is 0 Å². The summed E-state index contributed by atoms with van der Waals surface area (Å²) in [5.41, 5.74) is 0.389. The smallest absolute Gasteiger partial charge is 0.416 e. The van der Waals surface area contributed by atoms with Crippen LogP contribution >= 0.6 is 0 Å². The third-order valence-electron chi connectivity index (χ3n) is 5.18. The molecule has 34 heavy (non-hydrogen) atoms. The maximum atomic E-state index is 13.4. The molecule has 1 aliphatic rings. The number of carbonyl (C=O) groups is 2. The SMILES string of the molecule is CCCOc1cccc(NC2=C(c3ccccc3)C(=O)N(c3ccc(C(F)(F)F)cc3)C2=O)c1. The fourth-order valence-electron chi connectivity index (χ4n) is 3.58. The number of amides is 2. The molecule has 5 nitrogen and oxygen atoms in total. The maximum absolute atomic E-state index is 13.4. The molecule has 0 radical (unpaired) electrons. The number of halogens is 3. The van der Waals surface area contributed by atoms with E-state index in [9.17, 15) is 22.8 Å². The normalized spacial score (nSPS) is 14.1. The van der Waals surface area contributed by atoms with E-state index in [2.05, 4.69) is 5.32 Å². The molecule has 174 valence electrons. The minimum absolute atomic E-state index is 0.0312. The van der Waals surface area contributed by atoms with Crippen molar-refractivity contribution in [1.82, 2.24) is 0 Å². The lowest BCUT2D eigenvalue weighted by Crippen LogP contribution is -2.32. The van der Waals surface area contributed by atoms with E-state index in [4.69, 9.17) is 4.74 Å². The molecular weight excluding hydrogens is 445 g/mol. The first-order chi connectivity index (χ1) is 16.3. The van der Waals surface area contributed by atoms with E-state index >= 15 is 0 Å². The standard InChI is InChI=1S/C26H21F3N2O3/c1-2-15-34-21-10-6-9-19(16-21)30-23-22(17-7-4-3-5-8-17)24(32)31(25(23)33)20-13-11-18(12-14-20)26(27,28)29/h3-14,16,30H,2,15H2,1H3. The molecule has 8 heteroatoms. The molecule has 0 aromatic heterocycles. The number of imide groups is 1. The topological polar surface area (TPSA) is 58.6 Å². The Hall–Kier alpha value is -4.07. The fraction of sp³-hybridized carbons (Fsp3) is 0.154. The first-order valence-electron chi connectivity index (χ1n) is 10.6. The van der Waals surface area contributed by atoms with Crippen molar-refractivity contribution in [3.8, 4) is 5.75 Å². The Bertz CT molecular complexity index is 1240. The van der Waals surface area contributed by atoms with Crippen LogP contribution in [0.2, 0.25) is 0 Å². The van der Waals surface area contributed by atoms with Crippen LogP contribution in [0.5, 0.6) is 5.75 Å². The number of nitrogens with zero attached hydrogens (tertiary/aromatic N) is 1. The summed E-state index contributed by atoms with van der Waals surface area (Å²) in [5, 5.41) is 3.03. The van der Waals surface area contributed by atoms with Gasteiger partial charge in [-0.2, -0.15) is 13.2 Å². The van der Waals surface area contributed by atoms with Crippen molar-refractivity contribution in [3.05, 3.63) is 95.7 Å². The number of hydrogen-bond donors (Lipinski definition) is 1. The van der Waals surface area contributed by atoms with Crippen molar-refractivity contribution in [2.45, 2.75) is 19.5 Å². The maximum Gasteiger partial charge on any atom is 0.416 e. The second kappa shape index (κ2) is 9.43. The van der Waals surface area contributed by atoms with E-state index in [1.807, 2.05) is 6.92 Å². The lowest BCUT2D eigenvalue weighted by atomic mass is 10.0. The molecule has 0 atom stereocenters. The first-order valence-corrected chi connectivity index (χ1v) is 10.6. The van der Waals surface area contributed by atoms with Gasteiger partial charge in [-0.1, -0.05) is 43.3 Å². The Morgan fingerprint density at radius 1 is 0.882 bits per heavy atom. The van der Waals surface area contributed by atoms with Crippen LogP contribution in [0.15, 0.2) is 84.6 Å². The average molecular weight is 466 g/mol. The zero-order valence-corrected chi connectivity index (χ0v) is 18.2. The molecule has 1 N–H and O–H groups in total. The predicted molar refractivity (Wildman–Crippen MR) is 123 cm³/mol. The van der Waals surface area contributed by atoms with Gasteiger partial charge in [0.05, 0.1) is 23.4 Å². The Balaban J connectivity index is 1.72. The number of rotatable bonds is 7. The van der Waals surface area contributed by atoms with Crippen LogP contribution in [0.25, 0.3) is 5.57 Å². The van der Waals surface area contributed by atoms with Gasteiger partial charge >= 0.3 is 6.18 Å². The molecular formula is C26H21F3N2O3. The highest BCUT2D eigenvalue weighted by molar-refractivity contribution is 6.46. The molecule has 0 fully saturated rings. The van der Waals surface area contributed by atoms with E-state index in [1.165, 1.54) is 0 Å². The highest BCUT2D eigenvalue weighted by Crippen LogP contribution is 2.36. The summed E-state index contributed by atoms with van der Waals surface area (Å²) in [5.74, 6) is -0.689. The number of hydrogen-bond acceptors (Lipinski definition) is 4. The van der Waals surface area contributed by atoms with Crippen molar-refractivity contribution in [1.29, 1.82) is 0 Å². The molecule has 0 spiro atoms. The number of anilines is 2. The van der Waals surface area contributed by atoms with E-state index in [-0.39, 0.29) is 17.0 Å². The van der Waals surface area contributed by atoms with Crippen LogP contribution < -0.4 is 15.0 Å². The Kier molecular flexibility index (Phi) is 6.40. The molecule has 0 bridgehead atoms. The number of alkyl halides is 3. The van der Waals surface area contributed by atoms with Gasteiger partial charge in [0, 0.05) is 11.8 Å². The average Bonchev–Trinajstić information content (AvgIpc) is 3.07. The highest BCUT2D eigenvalue weighted by atomic mass is 19.4. The van der Waals surface area contributed by atoms with E-state index in [1.54, 1.807) is 54.6 Å².